The zero-order chi connectivity index (χ0) is 23.4. The van der Waals surface area contributed by atoms with E-state index in [1.807, 2.05) is 42.5 Å². The van der Waals surface area contributed by atoms with E-state index in [-0.39, 0.29) is 29.3 Å². The van der Waals surface area contributed by atoms with E-state index >= 15 is 0 Å². The maximum absolute atomic E-state index is 14.2. The van der Waals surface area contributed by atoms with Gasteiger partial charge >= 0.3 is 0 Å². The third kappa shape index (κ3) is 2.73. The quantitative estimate of drug-likeness (QED) is 0.357. The number of para-hydroxylation sites is 1. The van der Waals surface area contributed by atoms with Crippen molar-refractivity contribution in [3.8, 4) is 0 Å². The first-order chi connectivity index (χ1) is 16.5. The van der Waals surface area contributed by atoms with Gasteiger partial charge in [0.1, 0.15) is 5.54 Å². The van der Waals surface area contributed by atoms with Crippen molar-refractivity contribution in [1.82, 2.24) is 4.90 Å². The van der Waals surface area contributed by atoms with Crippen molar-refractivity contribution in [1.29, 1.82) is 0 Å². The lowest BCUT2D eigenvalue weighted by Crippen LogP contribution is -2.52. The molecular weight excluding hydrogens is 430 g/mol. The number of nitro benzene ring substituents is 1. The fraction of sp³-hybridized carbons (Fsp3) is 0.259. The van der Waals surface area contributed by atoms with E-state index in [4.69, 9.17) is 0 Å². The van der Waals surface area contributed by atoms with Crippen LogP contribution in [0.1, 0.15) is 40.2 Å². The Hall–Kier alpha value is -3.84. The number of amides is 1. The molecule has 7 heteroatoms. The highest BCUT2D eigenvalue weighted by Gasteiger charge is 2.69. The van der Waals surface area contributed by atoms with Gasteiger partial charge in [0.25, 0.3) is 5.69 Å². The molecule has 4 atom stereocenters. The highest BCUT2D eigenvalue weighted by Crippen LogP contribution is 2.61. The molecule has 0 saturated carbocycles. The van der Waals surface area contributed by atoms with Gasteiger partial charge in [0, 0.05) is 40.9 Å². The first-order valence-electron chi connectivity index (χ1n) is 11.5. The summed E-state index contributed by atoms with van der Waals surface area (Å²) in [5.41, 5.74) is 1.90. The third-order valence-electron chi connectivity index (χ3n) is 7.74. The van der Waals surface area contributed by atoms with Crippen molar-refractivity contribution in [3.63, 3.8) is 0 Å². The number of hydrogen-bond acceptors (Lipinski definition) is 5. The minimum atomic E-state index is -1.11. The van der Waals surface area contributed by atoms with Crippen LogP contribution in [0.5, 0.6) is 0 Å². The van der Waals surface area contributed by atoms with Crippen LogP contribution in [-0.2, 0) is 10.3 Å². The van der Waals surface area contributed by atoms with Crippen molar-refractivity contribution in [2.45, 2.75) is 30.3 Å². The zero-order valence-corrected chi connectivity index (χ0v) is 18.4. The maximum Gasteiger partial charge on any atom is 0.269 e. The lowest BCUT2D eigenvalue weighted by Gasteiger charge is -2.36. The number of benzene rings is 3. The monoisotopic (exact) mass is 453 g/mol. The fourth-order valence-electron chi connectivity index (χ4n) is 6.49. The average molecular weight is 453 g/mol. The van der Waals surface area contributed by atoms with E-state index in [0.29, 0.717) is 12.1 Å². The summed E-state index contributed by atoms with van der Waals surface area (Å²) in [5, 5.41) is 14.3. The van der Waals surface area contributed by atoms with Crippen LogP contribution in [0, 0.1) is 16.0 Å². The second-order valence-electron chi connectivity index (χ2n) is 9.25. The number of nitrogens with zero attached hydrogens (tertiary/aromatic N) is 2. The molecule has 34 heavy (non-hydrogen) atoms. The van der Waals surface area contributed by atoms with Crippen molar-refractivity contribution >= 4 is 23.1 Å². The van der Waals surface area contributed by atoms with Gasteiger partial charge in [-0.25, -0.2) is 0 Å². The SMILES string of the molecule is O=C(c1ccccc1)C1C(c2ccc([N+](=O)[O-])cc2)C2CCCN2[C@@]12C(=O)Nc1ccccc12. The van der Waals surface area contributed by atoms with Gasteiger partial charge in [-0.3, -0.25) is 24.6 Å². The number of nitrogens with one attached hydrogen (secondary N) is 1. The van der Waals surface area contributed by atoms with Crippen LogP contribution in [0.2, 0.25) is 0 Å². The molecule has 1 amide bonds. The molecule has 0 aromatic heterocycles. The smallest absolute Gasteiger partial charge is 0.269 e. The number of hydrogen-bond donors (Lipinski definition) is 1. The average Bonchev–Trinajstić information content (AvgIpc) is 3.52. The number of carbonyl (C=O) groups excluding carboxylic acids is 2. The van der Waals surface area contributed by atoms with Gasteiger partial charge in [0.2, 0.25) is 5.91 Å². The highest BCUT2D eigenvalue weighted by atomic mass is 16.6. The minimum absolute atomic E-state index is 0.00892. The molecule has 0 radical (unpaired) electrons. The Labute approximate surface area is 196 Å². The molecule has 3 aliphatic heterocycles. The Morgan fingerprint density at radius 2 is 1.71 bits per heavy atom. The van der Waals surface area contributed by atoms with E-state index in [1.54, 1.807) is 24.3 Å². The van der Waals surface area contributed by atoms with Crippen molar-refractivity contribution in [3.05, 3.63) is 106 Å². The number of nitro groups is 1. The summed E-state index contributed by atoms with van der Waals surface area (Å²) >= 11 is 0. The first kappa shape index (κ1) is 20.7. The minimum Gasteiger partial charge on any atom is -0.324 e. The lowest BCUT2D eigenvalue weighted by molar-refractivity contribution is -0.384. The van der Waals surface area contributed by atoms with Crippen LogP contribution in [-0.4, -0.2) is 34.1 Å². The molecule has 1 N–H and O–H groups in total. The summed E-state index contributed by atoms with van der Waals surface area (Å²) in [4.78, 5) is 41.2. The summed E-state index contributed by atoms with van der Waals surface area (Å²) in [5.74, 6) is -1.18. The summed E-state index contributed by atoms with van der Waals surface area (Å²) in [6, 6.07) is 23.2. The van der Waals surface area contributed by atoms with Gasteiger partial charge in [-0.05, 0) is 31.0 Å². The summed E-state index contributed by atoms with van der Waals surface area (Å²) in [7, 11) is 0. The Morgan fingerprint density at radius 3 is 2.44 bits per heavy atom. The number of anilines is 1. The Balaban J connectivity index is 1.59. The molecule has 7 nitrogen and oxygen atoms in total. The Morgan fingerprint density at radius 1 is 1.00 bits per heavy atom. The van der Waals surface area contributed by atoms with Gasteiger partial charge < -0.3 is 5.32 Å². The highest BCUT2D eigenvalue weighted by molar-refractivity contribution is 6.12. The predicted molar refractivity (Wildman–Crippen MR) is 127 cm³/mol. The van der Waals surface area contributed by atoms with E-state index in [2.05, 4.69) is 10.2 Å². The number of ketones is 1. The number of non-ortho nitro benzene ring substituents is 1. The van der Waals surface area contributed by atoms with E-state index < -0.39 is 16.4 Å². The van der Waals surface area contributed by atoms with Gasteiger partial charge in [0.05, 0.1) is 10.8 Å². The van der Waals surface area contributed by atoms with E-state index in [9.17, 15) is 19.7 Å². The van der Waals surface area contributed by atoms with Crippen molar-refractivity contribution < 1.29 is 14.5 Å². The number of fused-ring (bicyclic) bond motifs is 4. The molecule has 3 aromatic carbocycles. The molecule has 2 fully saturated rings. The van der Waals surface area contributed by atoms with Gasteiger partial charge in [-0.1, -0.05) is 60.7 Å². The second-order valence-corrected chi connectivity index (χ2v) is 9.25. The Bertz CT molecular complexity index is 1310. The third-order valence-corrected chi connectivity index (χ3v) is 7.74. The van der Waals surface area contributed by atoms with E-state index in [1.165, 1.54) is 12.1 Å². The van der Waals surface area contributed by atoms with Crippen LogP contribution in [0.25, 0.3) is 0 Å². The molecule has 3 heterocycles. The molecule has 3 aliphatic rings. The fourth-order valence-corrected chi connectivity index (χ4v) is 6.49. The van der Waals surface area contributed by atoms with Crippen LogP contribution < -0.4 is 5.32 Å². The molecule has 0 bridgehead atoms. The van der Waals surface area contributed by atoms with Crippen LogP contribution in [0.4, 0.5) is 11.4 Å². The van der Waals surface area contributed by atoms with E-state index in [0.717, 1.165) is 29.7 Å². The normalized spacial score (nSPS) is 27.4. The summed E-state index contributed by atoms with van der Waals surface area (Å²) in [6.45, 7) is 0.717. The standard InChI is InChI=1S/C27H23N3O4/c31-25(18-7-2-1-3-8-18)24-23(17-12-14-19(15-13-17)30(33)34)22-11-6-16-29(22)27(24)20-9-4-5-10-21(20)28-26(27)32/h1-5,7-10,12-15,22-24H,6,11,16H2,(H,28,32)/t22?,23?,24?,27-/m1/s1. The molecule has 170 valence electrons. The predicted octanol–water partition coefficient (Wildman–Crippen LogP) is 4.50. The molecule has 2 saturated heterocycles. The van der Waals surface area contributed by atoms with Crippen LogP contribution in [0.3, 0.4) is 0 Å². The molecular formula is C27H23N3O4. The van der Waals surface area contributed by atoms with Gasteiger partial charge in [-0.15, -0.1) is 0 Å². The molecule has 3 unspecified atom stereocenters. The second kappa shape index (κ2) is 7.60. The topological polar surface area (TPSA) is 92.5 Å². The van der Waals surface area contributed by atoms with Crippen molar-refractivity contribution in [2.75, 3.05) is 11.9 Å². The largest absolute Gasteiger partial charge is 0.324 e. The van der Waals surface area contributed by atoms with Crippen LogP contribution in [0.15, 0.2) is 78.9 Å². The number of carbonyl (C=O) groups is 2. The molecule has 3 aromatic rings. The Kier molecular flexibility index (Phi) is 4.64. The van der Waals surface area contributed by atoms with Crippen molar-refractivity contribution in [2.24, 2.45) is 5.92 Å². The summed E-state index contributed by atoms with van der Waals surface area (Å²) in [6.07, 6.45) is 1.79. The maximum atomic E-state index is 14.2. The zero-order valence-electron chi connectivity index (χ0n) is 18.4. The van der Waals surface area contributed by atoms with Crippen LogP contribution >= 0.6 is 0 Å². The summed E-state index contributed by atoms with van der Waals surface area (Å²) < 4.78 is 0. The van der Waals surface area contributed by atoms with Gasteiger partial charge in [0.15, 0.2) is 5.78 Å². The molecule has 1 spiro atoms. The molecule has 0 aliphatic carbocycles. The first-order valence-corrected chi connectivity index (χ1v) is 11.5. The van der Waals surface area contributed by atoms with Gasteiger partial charge in [-0.2, -0.15) is 0 Å². The number of rotatable bonds is 4. The molecule has 6 rings (SSSR count). The number of Topliss-reactive ketones (excluding diaryl/α,β-unsaturated/α-hetero) is 1. The lowest BCUT2D eigenvalue weighted by atomic mass is 9.69.